The molecule has 0 amide bonds. The van der Waals surface area contributed by atoms with Crippen LogP contribution in [0.2, 0.25) is 0 Å². The fourth-order valence-electron chi connectivity index (χ4n) is 0.798. The Balaban J connectivity index is 0.000000226. The Labute approximate surface area is 77.9 Å². The highest BCUT2D eigenvalue weighted by Crippen LogP contribution is 2.33. The maximum Gasteiger partial charge on any atom is 0.469 e. The van der Waals surface area contributed by atoms with Crippen molar-refractivity contribution in [2.24, 2.45) is 0 Å². The highest BCUT2D eigenvalue weighted by atomic mass is 31.2. The van der Waals surface area contributed by atoms with Crippen molar-refractivity contribution in [1.29, 1.82) is 0 Å². The summed E-state index contributed by atoms with van der Waals surface area (Å²) in [5.74, 6) is 0. The van der Waals surface area contributed by atoms with E-state index in [1.807, 2.05) is 0 Å². The molecule has 80 valence electrons. The van der Waals surface area contributed by atoms with E-state index in [9.17, 15) is 4.57 Å². The molecule has 1 unspecified atom stereocenters. The second-order valence-electron chi connectivity index (χ2n) is 2.73. The molecule has 0 saturated carbocycles. The third-order valence-corrected chi connectivity index (χ3v) is 1.96. The summed E-state index contributed by atoms with van der Waals surface area (Å²) < 4.78 is 13.1. The maximum atomic E-state index is 9.47. The van der Waals surface area contributed by atoms with Crippen LogP contribution in [0.25, 0.3) is 0 Å². The molecule has 0 radical (unpaired) electrons. The Morgan fingerprint density at radius 1 is 1.46 bits per heavy atom. The van der Waals surface area contributed by atoms with Crippen LogP contribution in [0.3, 0.4) is 0 Å². The molecule has 0 aliphatic carbocycles. The summed E-state index contributed by atoms with van der Waals surface area (Å²) in [6.07, 6.45) is 0. The molecule has 0 bridgehead atoms. The van der Waals surface area contributed by atoms with Crippen molar-refractivity contribution in [3.8, 4) is 0 Å². The van der Waals surface area contributed by atoms with Crippen molar-refractivity contribution in [3.05, 3.63) is 0 Å². The molecular formula is C6H17N2O4P. The van der Waals surface area contributed by atoms with Gasteiger partial charge in [0, 0.05) is 32.8 Å². The van der Waals surface area contributed by atoms with Crippen molar-refractivity contribution in [3.63, 3.8) is 0 Å². The Morgan fingerprint density at radius 2 is 2.00 bits per heavy atom. The average molecular weight is 212 g/mol. The number of phosphoric acid groups is 1. The molecule has 0 aromatic heterocycles. The average Bonchev–Trinajstić information content (AvgIpc) is 2.06. The summed E-state index contributed by atoms with van der Waals surface area (Å²) in [4.78, 5) is 15.4. The SMILES string of the molecule is CC1CNCCN1.COP(=O)(O)O. The second-order valence-corrected chi connectivity index (χ2v) is 4.08. The zero-order chi connectivity index (χ0) is 10.3. The first-order valence-corrected chi connectivity index (χ1v) is 5.54. The van der Waals surface area contributed by atoms with Crippen molar-refractivity contribution in [2.75, 3.05) is 26.7 Å². The topological polar surface area (TPSA) is 90.8 Å². The predicted molar refractivity (Wildman–Crippen MR) is 49.4 cm³/mol. The quantitative estimate of drug-likeness (QED) is 0.429. The third-order valence-electron chi connectivity index (χ3n) is 1.48. The zero-order valence-electron chi connectivity index (χ0n) is 7.86. The zero-order valence-corrected chi connectivity index (χ0v) is 8.75. The molecule has 13 heavy (non-hydrogen) atoms. The van der Waals surface area contributed by atoms with Crippen LogP contribution in [0.15, 0.2) is 0 Å². The van der Waals surface area contributed by atoms with Gasteiger partial charge in [0.15, 0.2) is 0 Å². The van der Waals surface area contributed by atoms with Crippen LogP contribution in [-0.4, -0.2) is 42.6 Å². The smallest absolute Gasteiger partial charge is 0.314 e. The number of piperazine rings is 1. The van der Waals surface area contributed by atoms with Crippen LogP contribution in [0, 0.1) is 0 Å². The van der Waals surface area contributed by atoms with Gasteiger partial charge in [-0.05, 0) is 6.92 Å². The maximum absolute atomic E-state index is 9.47. The first-order valence-electron chi connectivity index (χ1n) is 4.01. The van der Waals surface area contributed by atoms with Crippen molar-refractivity contribution < 1.29 is 18.9 Å². The first-order chi connectivity index (χ1) is 5.95. The standard InChI is InChI=1S/C5H12N2.CH5O4P/c1-5-4-6-2-3-7-5;1-5-6(2,3)4/h5-7H,2-4H2,1H3;1H3,(H2,2,3,4). The highest BCUT2D eigenvalue weighted by Gasteiger charge is 2.07. The Kier molecular flexibility index (Phi) is 6.49. The van der Waals surface area contributed by atoms with Gasteiger partial charge in [-0.2, -0.15) is 0 Å². The van der Waals surface area contributed by atoms with Gasteiger partial charge in [-0.25, -0.2) is 4.57 Å². The van der Waals surface area contributed by atoms with Gasteiger partial charge in [-0.1, -0.05) is 0 Å². The minimum Gasteiger partial charge on any atom is -0.314 e. The van der Waals surface area contributed by atoms with Gasteiger partial charge >= 0.3 is 7.82 Å². The molecule has 1 heterocycles. The monoisotopic (exact) mass is 212 g/mol. The molecule has 0 aromatic rings. The Morgan fingerprint density at radius 3 is 2.15 bits per heavy atom. The van der Waals surface area contributed by atoms with Crippen LogP contribution in [0.4, 0.5) is 0 Å². The van der Waals surface area contributed by atoms with Gasteiger partial charge in [-0.3, -0.25) is 4.52 Å². The first kappa shape index (κ1) is 13.0. The summed E-state index contributed by atoms with van der Waals surface area (Å²) in [6.45, 7) is 5.57. The summed E-state index contributed by atoms with van der Waals surface area (Å²) in [7, 11) is -3.20. The van der Waals surface area contributed by atoms with E-state index in [4.69, 9.17) is 9.79 Å². The van der Waals surface area contributed by atoms with Gasteiger partial charge in [0.05, 0.1) is 0 Å². The minimum absolute atomic E-state index is 0.675. The molecule has 1 aliphatic heterocycles. The van der Waals surface area contributed by atoms with Gasteiger partial charge in [-0.15, -0.1) is 0 Å². The van der Waals surface area contributed by atoms with Crippen LogP contribution in [0.5, 0.6) is 0 Å². The summed E-state index contributed by atoms with van der Waals surface area (Å²) in [5.41, 5.74) is 0. The number of nitrogens with one attached hydrogen (secondary N) is 2. The summed E-state index contributed by atoms with van der Waals surface area (Å²) in [6, 6.07) is 0.675. The summed E-state index contributed by atoms with van der Waals surface area (Å²) >= 11 is 0. The van der Waals surface area contributed by atoms with Crippen LogP contribution in [-0.2, 0) is 9.09 Å². The Bertz CT molecular complexity index is 166. The number of hydrogen-bond donors (Lipinski definition) is 4. The predicted octanol–water partition coefficient (Wildman–Crippen LogP) is -0.707. The van der Waals surface area contributed by atoms with E-state index in [2.05, 4.69) is 22.1 Å². The molecule has 1 atom stereocenters. The molecule has 0 aromatic carbocycles. The van der Waals surface area contributed by atoms with Gasteiger partial charge < -0.3 is 20.4 Å². The molecular weight excluding hydrogens is 195 g/mol. The molecule has 1 saturated heterocycles. The van der Waals surface area contributed by atoms with Crippen molar-refractivity contribution in [2.45, 2.75) is 13.0 Å². The second kappa shape index (κ2) is 6.48. The number of hydrogen-bond acceptors (Lipinski definition) is 4. The molecule has 1 rings (SSSR count). The van der Waals surface area contributed by atoms with E-state index in [0.29, 0.717) is 6.04 Å². The van der Waals surface area contributed by atoms with Crippen molar-refractivity contribution >= 4 is 7.82 Å². The molecule has 7 heteroatoms. The highest BCUT2D eigenvalue weighted by molar-refractivity contribution is 7.46. The van der Waals surface area contributed by atoms with Crippen LogP contribution in [0.1, 0.15) is 6.92 Å². The van der Waals surface area contributed by atoms with Gasteiger partial charge in [0.2, 0.25) is 0 Å². The largest absolute Gasteiger partial charge is 0.469 e. The lowest BCUT2D eigenvalue weighted by molar-refractivity contribution is 0.235. The lowest BCUT2D eigenvalue weighted by atomic mass is 10.3. The number of rotatable bonds is 1. The molecule has 6 nitrogen and oxygen atoms in total. The minimum atomic E-state index is -4.15. The van der Waals surface area contributed by atoms with E-state index < -0.39 is 7.82 Å². The van der Waals surface area contributed by atoms with E-state index in [1.165, 1.54) is 0 Å². The molecule has 1 aliphatic rings. The lowest BCUT2D eigenvalue weighted by Gasteiger charge is -2.19. The van der Waals surface area contributed by atoms with E-state index >= 15 is 0 Å². The third kappa shape index (κ3) is 9.95. The number of phosphoric ester groups is 1. The van der Waals surface area contributed by atoms with E-state index in [-0.39, 0.29) is 0 Å². The molecule has 0 spiro atoms. The summed E-state index contributed by atoms with van der Waals surface area (Å²) in [5, 5.41) is 6.59. The molecule has 1 fully saturated rings. The lowest BCUT2D eigenvalue weighted by Crippen LogP contribution is -2.46. The molecule has 4 N–H and O–H groups in total. The normalized spacial score (nSPS) is 23.2. The van der Waals surface area contributed by atoms with Crippen molar-refractivity contribution in [1.82, 2.24) is 10.6 Å². The van der Waals surface area contributed by atoms with E-state index in [1.54, 1.807) is 0 Å². The fraction of sp³-hybridized carbons (Fsp3) is 1.00. The fourth-order valence-corrected chi connectivity index (χ4v) is 0.798. The van der Waals surface area contributed by atoms with Crippen LogP contribution < -0.4 is 10.6 Å². The Hall–Kier alpha value is 0.0300. The van der Waals surface area contributed by atoms with Gasteiger partial charge in [0.1, 0.15) is 0 Å². The van der Waals surface area contributed by atoms with E-state index in [0.717, 1.165) is 26.7 Å². The van der Waals surface area contributed by atoms with Gasteiger partial charge in [0.25, 0.3) is 0 Å². The van der Waals surface area contributed by atoms with Crippen LogP contribution >= 0.6 is 7.82 Å².